The maximum atomic E-state index is 12.9. The Kier molecular flexibility index (Phi) is 6.10. The van der Waals surface area contributed by atoms with Crippen molar-refractivity contribution in [3.63, 3.8) is 0 Å². The predicted molar refractivity (Wildman–Crippen MR) is 71.6 cm³/mol. The number of carbonyl (C=O) groups is 3. The zero-order valence-electron chi connectivity index (χ0n) is 10.5. The van der Waals surface area contributed by atoms with Gasteiger partial charge in [-0.1, -0.05) is 0 Å². The Balaban J connectivity index is 2.51. The zero-order valence-corrected chi connectivity index (χ0v) is 12.1. The van der Waals surface area contributed by atoms with Gasteiger partial charge in [0.25, 0.3) is 5.91 Å². The molecule has 0 unspecified atom stereocenters. The molecule has 0 aromatic heterocycles. The standard InChI is InChI=1S/C12H12BrFN2O4/c1-2-15-12(19)16-10(17)6-20-11(18)8-4-3-7(14)5-9(8)13/h3-5H,2,6H2,1H3,(H2,15,16,17,19). The van der Waals surface area contributed by atoms with E-state index in [9.17, 15) is 18.8 Å². The van der Waals surface area contributed by atoms with Gasteiger partial charge in [0.15, 0.2) is 6.61 Å². The maximum absolute atomic E-state index is 12.9. The van der Waals surface area contributed by atoms with Crippen molar-refractivity contribution >= 4 is 33.8 Å². The number of benzene rings is 1. The Morgan fingerprint density at radius 1 is 1.35 bits per heavy atom. The van der Waals surface area contributed by atoms with Crippen LogP contribution in [0.5, 0.6) is 0 Å². The maximum Gasteiger partial charge on any atom is 0.339 e. The molecule has 0 bridgehead atoms. The number of esters is 1. The minimum Gasteiger partial charge on any atom is -0.452 e. The first-order valence-corrected chi connectivity index (χ1v) is 6.43. The lowest BCUT2D eigenvalue weighted by Crippen LogP contribution is -2.41. The molecule has 1 aromatic carbocycles. The van der Waals surface area contributed by atoms with E-state index in [0.717, 1.165) is 12.1 Å². The molecule has 1 rings (SSSR count). The van der Waals surface area contributed by atoms with Gasteiger partial charge in [-0.25, -0.2) is 14.0 Å². The van der Waals surface area contributed by atoms with Gasteiger partial charge in [0.2, 0.25) is 0 Å². The van der Waals surface area contributed by atoms with Gasteiger partial charge in [0, 0.05) is 11.0 Å². The van der Waals surface area contributed by atoms with Crippen LogP contribution in [0.25, 0.3) is 0 Å². The number of amides is 3. The predicted octanol–water partition coefficient (Wildman–Crippen LogP) is 1.59. The third-order valence-electron chi connectivity index (χ3n) is 2.08. The average molecular weight is 347 g/mol. The van der Waals surface area contributed by atoms with Crippen LogP contribution in [0.2, 0.25) is 0 Å². The highest BCUT2D eigenvalue weighted by Crippen LogP contribution is 2.18. The summed E-state index contributed by atoms with van der Waals surface area (Å²) in [6.45, 7) is 1.44. The van der Waals surface area contributed by atoms with Crippen molar-refractivity contribution in [3.05, 3.63) is 34.1 Å². The number of carbonyl (C=O) groups excluding carboxylic acids is 3. The van der Waals surface area contributed by atoms with E-state index in [1.807, 2.05) is 5.32 Å². The smallest absolute Gasteiger partial charge is 0.339 e. The molecule has 6 nitrogen and oxygen atoms in total. The fourth-order valence-corrected chi connectivity index (χ4v) is 1.74. The van der Waals surface area contributed by atoms with Crippen LogP contribution in [0.3, 0.4) is 0 Å². The van der Waals surface area contributed by atoms with Gasteiger partial charge in [-0.05, 0) is 41.1 Å². The van der Waals surface area contributed by atoms with Crippen molar-refractivity contribution in [2.75, 3.05) is 13.2 Å². The first kappa shape index (κ1) is 16.1. The monoisotopic (exact) mass is 346 g/mol. The minimum atomic E-state index is -0.803. The van der Waals surface area contributed by atoms with Gasteiger partial charge in [0.1, 0.15) is 5.82 Å². The largest absolute Gasteiger partial charge is 0.452 e. The molecule has 0 saturated heterocycles. The van der Waals surface area contributed by atoms with Crippen molar-refractivity contribution in [2.24, 2.45) is 0 Å². The summed E-state index contributed by atoms with van der Waals surface area (Å²) < 4.78 is 17.8. The summed E-state index contributed by atoms with van der Waals surface area (Å²) in [5.74, 6) is -2.08. The molecule has 0 aliphatic rings. The SMILES string of the molecule is CCNC(=O)NC(=O)COC(=O)c1ccc(F)cc1Br. The first-order chi connectivity index (χ1) is 9.43. The summed E-state index contributed by atoms with van der Waals surface area (Å²) >= 11 is 3.01. The molecular formula is C12H12BrFN2O4. The molecule has 8 heteroatoms. The van der Waals surface area contributed by atoms with Crippen LogP contribution in [0.15, 0.2) is 22.7 Å². The molecule has 0 spiro atoms. The van der Waals surface area contributed by atoms with Gasteiger partial charge in [-0.3, -0.25) is 10.1 Å². The number of rotatable bonds is 4. The van der Waals surface area contributed by atoms with Gasteiger partial charge in [-0.15, -0.1) is 0 Å². The fourth-order valence-electron chi connectivity index (χ4n) is 1.23. The number of hydrogen-bond acceptors (Lipinski definition) is 4. The third-order valence-corrected chi connectivity index (χ3v) is 2.73. The van der Waals surface area contributed by atoms with E-state index in [1.165, 1.54) is 6.07 Å². The second-order valence-electron chi connectivity index (χ2n) is 3.61. The van der Waals surface area contributed by atoms with Crippen molar-refractivity contribution in [1.82, 2.24) is 10.6 Å². The van der Waals surface area contributed by atoms with E-state index in [-0.39, 0.29) is 10.0 Å². The normalized spacial score (nSPS) is 9.75. The molecule has 108 valence electrons. The first-order valence-electron chi connectivity index (χ1n) is 5.64. The lowest BCUT2D eigenvalue weighted by atomic mass is 10.2. The molecule has 0 radical (unpaired) electrons. The molecule has 0 aliphatic heterocycles. The molecule has 0 atom stereocenters. The van der Waals surface area contributed by atoms with E-state index in [0.29, 0.717) is 6.54 Å². The average Bonchev–Trinajstić information content (AvgIpc) is 2.36. The van der Waals surface area contributed by atoms with Crippen molar-refractivity contribution in [3.8, 4) is 0 Å². The minimum absolute atomic E-state index is 0.0807. The van der Waals surface area contributed by atoms with E-state index >= 15 is 0 Å². The second kappa shape index (κ2) is 7.59. The molecule has 0 heterocycles. The Labute approximate surface area is 122 Å². The van der Waals surface area contributed by atoms with Crippen LogP contribution >= 0.6 is 15.9 Å². The quantitative estimate of drug-likeness (QED) is 0.811. The molecule has 20 heavy (non-hydrogen) atoms. The summed E-state index contributed by atoms with van der Waals surface area (Å²) in [4.78, 5) is 33.9. The second-order valence-corrected chi connectivity index (χ2v) is 4.46. The van der Waals surface area contributed by atoms with Gasteiger partial charge >= 0.3 is 12.0 Å². The fraction of sp³-hybridized carbons (Fsp3) is 0.250. The summed E-state index contributed by atoms with van der Waals surface area (Å²) in [6.07, 6.45) is 0. The number of ether oxygens (including phenoxy) is 1. The van der Waals surface area contributed by atoms with Crippen LogP contribution in [0, 0.1) is 5.82 Å². The van der Waals surface area contributed by atoms with Crippen molar-refractivity contribution in [2.45, 2.75) is 6.92 Å². The summed E-state index contributed by atoms with van der Waals surface area (Å²) in [7, 11) is 0. The van der Waals surface area contributed by atoms with Crippen LogP contribution in [-0.2, 0) is 9.53 Å². The number of hydrogen-bond donors (Lipinski definition) is 2. The van der Waals surface area contributed by atoms with Gasteiger partial charge < -0.3 is 10.1 Å². The summed E-state index contributed by atoms with van der Waals surface area (Å²) in [5, 5.41) is 4.32. The van der Waals surface area contributed by atoms with E-state index in [1.54, 1.807) is 6.92 Å². The van der Waals surface area contributed by atoms with E-state index in [2.05, 4.69) is 21.2 Å². The van der Waals surface area contributed by atoms with Gasteiger partial charge in [-0.2, -0.15) is 0 Å². The highest BCUT2D eigenvalue weighted by Gasteiger charge is 2.15. The summed E-state index contributed by atoms with van der Waals surface area (Å²) in [6, 6.07) is 2.75. The number of urea groups is 1. The Bertz CT molecular complexity index is 536. The van der Waals surface area contributed by atoms with Crippen LogP contribution in [-0.4, -0.2) is 31.1 Å². The lowest BCUT2D eigenvalue weighted by molar-refractivity contribution is -0.123. The van der Waals surface area contributed by atoms with E-state index in [4.69, 9.17) is 4.74 Å². The Hall–Kier alpha value is -1.96. The molecular weight excluding hydrogens is 335 g/mol. The van der Waals surface area contributed by atoms with Crippen LogP contribution < -0.4 is 10.6 Å². The molecule has 0 saturated carbocycles. The molecule has 1 aromatic rings. The van der Waals surface area contributed by atoms with Crippen LogP contribution in [0.4, 0.5) is 9.18 Å². The number of halogens is 2. The third kappa shape index (κ3) is 4.96. The highest BCUT2D eigenvalue weighted by atomic mass is 79.9. The molecule has 3 amide bonds. The number of nitrogens with one attached hydrogen (secondary N) is 2. The molecule has 0 fully saturated rings. The Morgan fingerprint density at radius 3 is 2.65 bits per heavy atom. The molecule has 2 N–H and O–H groups in total. The Morgan fingerprint density at radius 2 is 2.05 bits per heavy atom. The molecule has 0 aliphatic carbocycles. The lowest BCUT2D eigenvalue weighted by Gasteiger charge is -2.07. The summed E-state index contributed by atoms with van der Waals surface area (Å²) in [5.41, 5.74) is 0.0807. The number of imide groups is 1. The van der Waals surface area contributed by atoms with Crippen molar-refractivity contribution in [1.29, 1.82) is 0 Å². The van der Waals surface area contributed by atoms with E-state index < -0.39 is 30.3 Å². The highest BCUT2D eigenvalue weighted by molar-refractivity contribution is 9.10. The topological polar surface area (TPSA) is 84.5 Å². The van der Waals surface area contributed by atoms with Crippen molar-refractivity contribution < 1.29 is 23.5 Å². The van der Waals surface area contributed by atoms with Gasteiger partial charge in [0.05, 0.1) is 5.56 Å². The zero-order chi connectivity index (χ0) is 15.1. The van der Waals surface area contributed by atoms with Crippen LogP contribution in [0.1, 0.15) is 17.3 Å².